The van der Waals surface area contributed by atoms with Crippen LogP contribution >= 0.6 is 0 Å². The van der Waals surface area contributed by atoms with Crippen molar-refractivity contribution in [2.45, 2.75) is 13.3 Å². The van der Waals surface area contributed by atoms with Crippen molar-refractivity contribution in [3.63, 3.8) is 0 Å². The van der Waals surface area contributed by atoms with Crippen LogP contribution in [0.2, 0.25) is 0 Å². The first-order valence-corrected chi connectivity index (χ1v) is 8.09. The first kappa shape index (κ1) is 17.3. The summed E-state index contributed by atoms with van der Waals surface area (Å²) in [6.07, 6.45) is 0.274. The molecule has 0 saturated carbocycles. The molecule has 1 unspecified atom stereocenters. The minimum absolute atomic E-state index is 0.0752. The Bertz CT molecular complexity index is 578. The van der Waals surface area contributed by atoms with E-state index in [2.05, 4.69) is 17.2 Å². The number of nitrogens with one attached hydrogen (secondary N) is 1. The van der Waals surface area contributed by atoms with E-state index < -0.39 is 22.5 Å². The van der Waals surface area contributed by atoms with Gasteiger partial charge in [-0.15, -0.1) is 0 Å². The molecule has 1 aromatic rings. The van der Waals surface area contributed by atoms with E-state index in [-0.39, 0.29) is 24.2 Å². The minimum Gasteiger partial charge on any atom is -0.395 e. The van der Waals surface area contributed by atoms with Gasteiger partial charge in [-0.05, 0) is 18.2 Å². The van der Waals surface area contributed by atoms with E-state index in [1.165, 1.54) is 12.1 Å². The third kappa shape index (κ3) is 6.06. The number of halogens is 1. The lowest BCUT2D eigenvalue weighted by molar-refractivity contribution is 0.0955. The molecule has 1 amide bonds. The highest BCUT2D eigenvalue weighted by Crippen LogP contribution is 2.09. The van der Waals surface area contributed by atoms with Gasteiger partial charge in [-0.3, -0.25) is 9.00 Å². The lowest BCUT2D eigenvalue weighted by Gasteiger charge is -2.05. The van der Waals surface area contributed by atoms with Crippen LogP contribution in [0.15, 0.2) is 18.2 Å². The number of hydrogen-bond acceptors (Lipinski definition) is 3. The maximum Gasteiger partial charge on any atom is 0.251 e. The van der Waals surface area contributed by atoms with Gasteiger partial charge in [0.1, 0.15) is 5.82 Å². The molecule has 6 heteroatoms. The van der Waals surface area contributed by atoms with Gasteiger partial charge < -0.3 is 10.4 Å². The highest BCUT2D eigenvalue weighted by atomic mass is 32.2. The normalized spacial score (nSPS) is 11.4. The summed E-state index contributed by atoms with van der Waals surface area (Å²) in [4.78, 5) is 11.8. The Hall–Kier alpha value is -1.71. The molecule has 114 valence electrons. The smallest absolute Gasteiger partial charge is 0.251 e. The number of rotatable bonds is 6. The first-order valence-electron chi connectivity index (χ1n) is 6.61. The van der Waals surface area contributed by atoms with Crippen molar-refractivity contribution >= 4 is 16.7 Å². The summed E-state index contributed by atoms with van der Waals surface area (Å²) in [5, 5.41) is 11.2. The fourth-order valence-corrected chi connectivity index (χ4v) is 2.11. The topological polar surface area (TPSA) is 66.4 Å². The fourth-order valence-electron chi connectivity index (χ4n) is 1.50. The monoisotopic (exact) mass is 311 g/mol. The summed E-state index contributed by atoms with van der Waals surface area (Å²) < 4.78 is 25.0. The third-order valence-electron chi connectivity index (χ3n) is 2.63. The number of benzene rings is 1. The molecule has 1 aromatic carbocycles. The first-order chi connectivity index (χ1) is 10.1. The predicted octanol–water partition coefficient (Wildman–Crippen LogP) is 1.06. The molecule has 0 radical (unpaired) electrons. The standard InChI is InChI=1S/C15H18FNO3S/c1-2-21(20)10-8-17-15(19)13-7-6-12(14(16)11-13)5-3-4-9-18/h6-7,11,18H,2,4,8-10H2,1H3,(H,17,19). The largest absolute Gasteiger partial charge is 0.395 e. The zero-order valence-electron chi connectivity index (χ0n) is 11.8. The van der Waals surface area contributed by atoms with E-state index in [0.717, 1.165) is 6.07 Å². The molecule has 0 aliphatic rings. The van der Waals surface area contributed by atoms with Gasteiger partial charge in [0.15, 0.2) is 0 Å². The van der Waals surface area contributed by atoms with Crippen molar-refractivity contribution in [2.24, 2.45) is 0 Å². The number of amides is 1. The quantitative estimate of drug-likeness (QED) is 0.772. The second-order valence-electron chi connectivity index (χ2n) is 4.16. The molecule has 0 heterocycles. The maximum absolute atomic E-state index is 13.7. The van der Waals surface area contributed by atoms with Crippen molar-refractivity contribution in [3.05, 3.63) is 35.1 Å². The van der Waals surface area contributed by atoms with Gasteiger partial charge in [-0.2, -0.15) is 0 Å². The molecule has 0 aliphatic heterocycles. The summed E-state index contributed by atoms with van der Waals surface area (Å²) in [6, 6.07) is 4.03. The molecule has 0 bridgehead atoms. The molecule has 0 fully saturated rings. The SMILES string of the molecule is CCS(=O)CCNC(=O)c1ccc(C#CCCO)c(F)c1. The Balaban J connectivity index is 2.64. The van der Waals surface area contributed by atoms with Crippen LogP contribution < -0.4 is 5.32 Å². The molecule has 21 heavy (non-hydrogen) atoms. The van der Waals surface area contributed by atoms with Crippen LogP contribution in [0.3, 0.4) is 0 Å². The van der Waals surface area contributed by atoms with Gasteiger partial charge in [0.25, 0.3) is 5.91 Å². The molecule has 1 rings (SSSR count). The number of hydrogen-bond donors (Lipinski definition) is 2. The van der Waals surface area contributed by atoms with E-state index >= 15 is 0 Å². The summed E-state index contributed by atoms with van der Waals surface area (Å²) >= 11 is 0. The minimum atomic E-state index is -0.940. The van der Waals surface area contributed by atoms with Gasteiger partial charge in [-0.1, -0.05) is 18.8 Å². The average Bonchev–Trinajstić information content (AvgIpc) is 2.48. The van der Waals surface area contributed by atoms with Gasteiger partial charge in [-0.25, -0.2) is 4.39 Å². The van der Waals surface area contributed by atoms with Crippen LogP contribution in [0.5, 0.6) is 0 Å². The van der Waals surface area contributed by atoms with Gasteiger partial charge in [0, 0.05) is 40.8 Å². The van der Waals surface area contributed by atoms with Crippen LogP contribution in [0.1, 0.15) is 29.3 Å². The second-order valence-corrected chi connectivity index (χ2v) is 6.02. The van der Waals surface area contributed by atoms with Crippen molar-refractivity contribution in [2.75, 3.05) is 24.7 Å². The van der Waals surface area contributed by atoms with E-state index in [4.69, 9.17) is 5.11 Å². The molecule has 0 aliphatic carbocycles. The van der Waals surface area contributed by atoms with E-state index in [1.54, 1.807) is 0 Å². The predicted molar refractivity (Wildman–Crippen MR) is 80.9 cm³/mol. The zero-order chi connectivity index (χ0) is 15.7. The molecular formula is C15H18FNO3S. The van der Waals surface area contributed by atoms with E-state index in [9.17, 15) is 13.4 Å². The molecule has 1 atom stereocenters. The molecule has 4 nitrogen and oxygen atoms in total. The summed E-state index contributed by atoms with van der Waals surface area (Å²) in [7, 11) is -0.940. The van der Waals surface area contributed by atoms with Gasteiger partial charge in [0.2, 0.25) is 0 Å². The molecular weight excluding hydrogens is 293 g/mol. The summed E-state index contributed by atoms with van der Waals surface area (Å²) in [6.45, 7) is 2.02. The molecule has 2 N–H and O–H groups in total. The highest BCUT2D eigenvalue weighted by Gasteiger charge is 2.08. The van der Waals surface area contributed by atoms with Crippen LogP contribution in [-0.2, 0) is 10.8 Å². The van der Waals surface area contributed by atoms with Gasteiger partial charge in [0.05, 0.1) is 12.2 Å². The van der Waals surface area contributed by atoms with Crippen molar-refractivity contribution in [1.29, 1.82) is 0 Å². The lowest BCUT2D eigenvalue weighted by atomic mass is 10.1. The number of carbonyl (C=O) groups excluding carboxylic acids is 1. The number of aliphatic hydroxyl groups is 1. The van der Waals surface area contributed by atoms with Crippen LogP contribution in [0.25, 0.3) is 0 Å². The Labute approximate surface area is 126 Å². The van der Waals surface area contributed by atoms with E-state index in [1.807, 2.05) is 6.92 Å². The Morgan fingerprint density at radius 2 is 2.24 bits per heavy atom. The van der Waals surface area contributed by atoms with E-state index in [0.29, 0.717) is 18.1 Å². The van der Waals surface area contributed by atoms with Gasteiger partial charge >= 0.3 is 0 Å². The van der Waals surface area contributed by atoms with Crippen LogP contribution in [0.4, 0.5) is 4.39 Å². The van der Waals surface area contributed by atoms with Crippen molar-refractivity contribution in [3.8, 4) is 11.8 Å². The van der Waals surface area contributed by atoms with Crippen molar-refractivity contribution in [1.82, 2.24) is 5.32 Å². The molecule has 0 aromatic heterocycles. The fraction of sp³-hybridized carbons (Fsp3) is 0.400. The van der Waals surface area contributed by atoms with Crippen LogP contribution in [0, 0.1) is 17.7 Å². The van der Waals surface area contributed by atoms with Crippen LogP contribution in [-0.4, -0.2) is 39.9 Å². The molecule has 0 spiro atoms. The second kappa shape index (κ2) is 9.27. The summed E-state index contributed by atoms with van der Waals surface area (Å²) in [5.74, 6) is 5.16. The summed E-state index contributed by atoms with van der Waals surface area (Å²) in [5.41, 5.74) is 0.384. The Morgan fingerprint density at radius 1 is 1.48 bits per heavy atom. The molecule has 0 saturated heterocycles. The third-order valence-corrected chi connectivity index (χ3v) is 3.93. The Morgan fingerprint density at radius 3 is 2.86 bits per heavy atom. The average molecular weight is 311 g/mol. The van der Waals surface area contributed by atoms with Crippen molar-refractivity contribution < 1.29 is 18.5 Å². The zero-order valence-corrected chi connectivity index (χ0v) is 12.6. The number of carbonyl (C=O) groups is 1. The maximum atomic E-state index is 13.7. The number of aliphatic hydroxyl groups excluding tert-OH is 1. The Kier molecular flexibility index (Phi) is 7.65. The lowest BCUT2D eigenvalue weighted by Crippen LogP contribution is -2.28. The highest BCUT2D eigenvalue weighted by molar-refractivity contribution is 7.84.